The number of rotatable bonds is 2. The lowest BCUT2D eigenvalue weighted by Gasteiger charge is -2.36. The van der Waals surface area contributed by atoms with E-state index in [1.54, 1.807) is 11.3 Å². The van der Waals surface area contributed by atoms with E-state index in [1.807, 2.05) is 29.2 Å². The van der Waals surface area contributed by atoms with E-state index in [9.17, 15) is 4.79 Å². The lowest BCUT2D eigenvalue weighted by atomic mass is 10.1. The number of carbonyl (C=O) groups excluding carboxylic acids is 1. The highest BCUT2D eigenvalue weighted by Gasteiger charge is 2.25. The van der Waals surface area contributed by atoms with Crippen LogP contribution in [0.2, 0.25) is 5.02 Å². The molecule has 4 rings (SSSR count). The van der Waals surface area contributed by atoms with Gasteiger partial charge in [0.25, 0.3) is 5.91 Å². The molecule has 0 radical (unpaired) electrons. The molecule has 0 saturated carbocycles. The highest BCUT2D eigenvalue weighted by atomic mass is 35.5. The molecule has 26 heavy (non-hydrogen) atoms. The summed E-state index contributed by atoms with van der Waals surface area (Å²) in [7, 11) is 0. The summed E-state index contributed by atoms with van der Waals surface area (Å²) in [5.74, 6) is 0.158. The molecule has 1 fully saturated rings. The first-order valence-electron chi connectivity index (χ1n) is 8.83. The van der Waals surface area contributed by atoms with E-state index in [2.05, 4.69) is 36.9 Å². The van der Waals surface area contributed by atoms with Crippen LogP contribution in [0.3, 0.4) is 0 Å². The fourth-order valence-electron chi connectivity index (χ4n) is 3.60. The Hall–Kier alpha value is -2.04. The second-order valence-corrected chi connectivity index (χ2v) is 8.25. The minimum absolute atomic E-state index is 0.158. The molecule has 3 nitrogen and oxygen atoms in total. The van der Waals surface area contributed by atoms with Crippen molar-refractivity contribution in [3.8, 4) is 0 Å². The van der Waals surface area contributed by atoms with Crippen LogP contribution in [0.4, 0.5) is 5.69 Å². The molecular weight excluding hydrogens is 364 g/mol. The summed E-state index contributed by atoms with van der Waals surface area (Å²) in [5, 5.41) is 1.94. The average molecular weight is 385 g/mol. The molecule has 1 aliphatic rings. The number of amides is 1. The summed E-state index contributed by atoms with van der Waals surface area (Å²) in [6.45, 7) is 7.28. The van der Waals surface area contributed by atoms with Crippen LogP contribution in [0, 0.1) is 13.8 Å². The maximum absolute atomic E-state index is 13.1. The van der Waals surface area contributed by atoms with Gasteiger partial charge in [-0.1, -0.05) is 35.9 Å². The second-order valence-electron chi connectivity index (χ2n) is 6.76. The van der Waals surface area contributed by atoms with Crippen molar-refractivity contribution in [2.75, 3.05) is 31.1 Å². The van der Waals surface area contributed by atoms with Crippen molar-refractivity contribution >= 4 is 44.6 Å². The normalized spacial score (nSPS) is 14.9. The Bertz CT molecular complexity index is 973. The van der Waals surface area contributed by atoms with Crippen LogP contribution in [0.15, 0.2) is 42.5 Å². The zero-order valence-corrected chi connectivity index (χ0v) is 16.5. The van der Waals surface area contributed by atoms with Gasteiger partial charge in [-0.15, -0.1) is 11.3 Å². The number of hydrogen-bond donors (Lipinski definition) is 0. The Balaban J connectivity index is 1.51. The predicted molar refractivity (Wildman–Crippen MR) is 111 cm³/mol. The largest absolute Gasteiger partial charge is 0.368 e. The Labute approximate surface area is 162 Å². The minimum atomic E-state index is 0.158. The molecule has 134 valence electrons. The number of fused-ring (bicyclic) bond motifs is 1. The molecule has 0 atom stereocenters. The molecule has 1 aromatic heterocycles. The van der Waals surface area contributed by atoms with Crippen molar-refractivity contribution in [1.29, 1.82) is 0 Å². The summed E-state index contributed by atoms with van der Waals surface area (Å²) in [6, 6.07) is 14.2. The molecule has 1 amide bonds. The molecule has 0 bridgehead atoms. The van der Waals surface area contributed by atoms with Gasteiger partial charge in [0.2, 0.25) is 0 Å². The monoisotopic (exact) mass is 384 g/mol. The molecule has 2 aromatic carbocycles. The van der Waals surface area contributed by atoms with Gasteiger partial charge < -0.3 is 9.80 Å². The van der Waals surface area contributed by atoms with Crippen molar-refractivity contribution in [3.05, 3.63) is 63.5 Å². The van der Waals surface area contributed by atoms with Crippen LogP contribution in [0.1, 0.15) is 20.8 Å². The number of aryl methyl sites for hydroxylation is 2. The molecule has 3 aromatic rings. The fraction of sp³-hybridized carbons (Fsp3) is 0.286. The van der Waals surface area contributed by atoms with Crippen LogP contribution < -0.4 is 4.90 Å². The van der Waals surface area contributed by atoms with Gasteiger partial charge in [0.05, 0.1) is 4.88 Å². The van der Waals surface area contributed by atoms with Crippen molar-refractivity contribution in [1.82, 2.24) is 4.90 Å². The summed E-state index contributed by atoms with van der Waals surface area (Å²) < 4.78 is 1.18. The first-order chi connectivity index (χ1) is 12.5. The SMILES string of the molecule is Cc1ccc(Cl)cc1N1CCN(C(=O)c2sc3ccccc3c2C)CC1. The fourth-order valence-corrected chi connectivity index (χ4v) is 4.94. The van der Waals surface area contributed by atoms with Crippen LogP contribution in [-0.2, 0) is 0 Å². The van der Waals surface area contributed by atoms with Crippen LogP contribution in [0.5, 0.6) is 0 Å². The van der Waals surface area contributed by atoms with E-state index in [0.29, 0.717) is 0 Å². The Morgan fingerprint density at radius 3 is 2.50 bits per heavy atom. The summed E-state index contributed by atoms with van der Waals surface area (Å²) >= 11 is 7.77. The average Bonchev–Trinajstić information content (AvgIpc) is 3.00. The first kappa shape index (κ1) is 17.4. The molecule has 0 spiro atoms. The van der Waals surface area contributed by atoms with Crippen molar-refractivity contribution in [2.45, 2.75) is 13.8 Å². The molecular formula is C21H21ClN2OS. The number of piperazine rings is 1. The number of benzene rings is 2. The number of halogens is 1. The zero-order chi connectivity index (χ0) is 18.3. The lowest BCUT2D eigenvalue weighted by molar-refractivity contribution is 0.0751. The van der Waals surface area contributed by atoms with Gasteiger partial charge in [-0.05, 0) is 48.6 Å². The van der Waals surface area contributed by atoms with E-state index >= 15 is 0 Å². The molecule has 0 N–H and O–H groups in total. The van der Waals surface area contributed by atoms with E-state index in [4.69, 9.17) is 11.6 Å². The first-order valence-corrected chi connectivity index (χ1v) is 10.0. The third-order valence-corrected chi connectivity index (χ3v) is 6.61. The maximum Gasteiger partial charge on any atom is 0.264 e. The van der Waals surface area contributed by atoms with E-state index in [-0.39, 0.29) is 5.91 Å². The summed E-state index contributed by atoms with van der Waals surface area (Å²) in [5.41, 5.74) is 3.49. The number of carbonyl (C=O) groups is 1. The van der Waals surface area contributed by atoms with Gasteiger partial charge in [0, 0.05) is 41.6 Å². The number of thiophene rings is 1. The second kappa shape index (κ2) is 6.93. The van der Waals surface area contributed by atoms with Crippen LogP contribution >= 0.6 is 22.9 Å². The van der Waals surface area contributed by atoms with Gasteiger partial charge in [-0.25, -0.2) is 0 Å². The molecule has 0 aliphatic carbocycles. The smallest absolute Gasteiger partial charge is 0.264 e. The summed E-state index contributed by atoms with van der Waals surface area (Å²) in [6.07, 6.45) is 0. The van der Waals surface area contributed by atoms with Crippen molar-refractivity contribution in [2.24, 2.45) is 0 Å². The Morgan fingerprint density at radius 2 is 1.77 bits per heavy atom. The number of anilines is 1. The topological polar surface area (TPSA) is 23.6 Å². The van der Waals surface area contributed by atoms with Gasteiger partial charge in [0.15, 0.2) is 0 Å². The van der Waals surface area contributed by atoms with Gasteiger partial charge in [0.1, 0.15) is 0 Å². The van der Waals surface area contributed by atoms with E-state index < -0.39 is 0 Å². The highest BCUT2D eigenvalue weighted by Crippen LogP contribution is 2.32. The maximum atomic E-state index is 13.1. The molecule has 1 aliphatic heterocycles. The zero-order valence-electron chi connectivity index (χ0n) is 15.0. The third kappa shape index (κ3) is 3.08. The molecule has 1 saturated heterocycles. The van der Waals surface area contributed by atoms with E-state index in [1.165, 1.54) is 21.3 Å². The van der Waals surface area contributed by atoms with Crippen molar-refractivity contribution < 1.29 is 4.79 Å². The standard InChI is InChI=1S/C21H21ClN2OS/c1-14-7-8-16(22)13-18(14)23-9-11-24(12-10-23)21(25)20-15(2)17-5-3-4-6-19(17)26-20/h3-8,13H,9-12H2,1-2H3. The van der Waals surface area contributed by atoms with Gasteiger partial charge in [-0.2, -0.15) is 0 Å². The van der Waals surface area contributed by atoms with Gasteiger partial charge in [-0.3, -0.25) is 4.79 Å². The Kier molecular flexibility index (Phi) is 4.63. The Morgan fingerprint density at radius 1 is 1.04 bits per heavy atom. The van der Waals surface area contributed by atoms with Crippen molar-refractivity contribution in [3.63, 3.8) is 0 Å². The van der Waals surface area contributed by atoms with Crippen LogP contribution in [-0.4, -0.2) is 37.0 Å². The molecule has 0 unspecified atom stereocenters. The minimum Gasteiger partial charge on any atom is -0.368 e. The number of nitrogens with zero attached hydrogens (tertiary/aromatic N) is 2. The molecule has 5 heteroatoms. The predicted octanol–water partition coefficient (Wildman–Crippen LogP) is 5.13. The number of hydrogen-bond acceptors (Lipinski definition) is 3. The quantitative estimate of drug-likeness (QED) is 0.611. The van der Waals surface area contributed by atoms with E-state index in [0.717, 1.165) is 41.6 Å². The third-order valence-electron chi connectivity index (χ3n) is 5.12. The van der Waals surface area contributed by atoms with Crippen LogP contribution in [0.25, 0.3) is 10.1 Å². The summed E-state index contributed by atoms with van der Waals surface area (Å²) in [4.78, 5) is 18.2. The van der Waals surface area contributed by atoms with Gasteiger partial charge >= 0.3 is 0 Å². The highest BCUT2D eigenvalue weighted by molar-refractivity contribution is 7.21. The molecule has 2 heterocycles. The lowest BCUT2D eigenvalue weighted by Crippen LogP contribution is -2.49.